The molecule has 7 nitrogen and oxygen atoms in total. The highest BCUT2D eigenvalue weighted by Gasteiger charge is 2.28. The molecule has 0 aliphatic carbocycles. The van der Waals surface area contributed by atoms with Gasteiger partial charge in [0.1, 0.15) is 10.6 Å². The Bertz CT molecular complexity index is 816. The molecule has 22 heavy (non-hydrogen) atoms. The quantitative estimate of drug-likeness (QED) is 0.691. The minimum absolute atomic E-state index is 0.148. The third kappa shape index (κ3) is 3.32. The minimum atomic E-state index is -3.94. The van der Waals surface area contributed by atoms with Crippen molar-refractivity contribution in [3.63, 3.8) is 0 Å². The molecule has 0 radical (unpaired) electrons. The van der Waals surface area contributed by atoms with Gasteiger partial charge in [0.15, 0.2) is 0 Å². The fraction of sp³-hybridized carbons (Fsp3) is 0.308. The van der Waals surface area contributed by atoms with Gasteiger partial charge in [-0.2, -0.15) is 0 Å². The molecule has 2 aromatic rings. The van der Waals surface area contributed by atoms with Gasteiger partial charge in [-0.25, -0.2) is 13.1 Å². The van der Waals surface area contributed by atoms with E-state index in [1.807, 2.05) is 0 Å². The van der Waals surface area contributed by atoms with E-state index in [0.717, 1.165) is 0 Å². The fourth-order valence-corrected chi connectivity index (χ4v) is 4.16. The summed E-state index contributed by atoms with van der Waals surface area (Å²) in [4.78, 5) is 14.2. The molecule has 1 aromatic heterocycles. The number of sulfonamides is 1. The first-order valence-corrected chi connectivity index (χ1v) is 8.66. The Morgan fingerprint density at radius 2 is 2.18 bits per heavy atom. The second-order valence-corrected chi connectivity index (χ2v) is 7.43. The summed E-state index contributed by atoms with van der Waals surface area (Å²) in [6.07, 6.45) is 0. The number of halogens is 1. The van der Waals surface area contributed by atoms with Gasteiger partial charge in [-0.15, -0.1) is 0 Å². The van der Waals surface area contributed by atoms with Crippen LogP contribution >= 0.6 is 15.9 Å². The van der Waals surface area contributed by atoms with Crippen LogP contribution in [0.1, 0.15) is 17.4 Å². The summed E-state index contributed by atoms with van der Waals surface area (Å²) in [6, 6.07) is 4.57. The van der Waals surface area contributed by atoms with Crippen molar-refractivity contribution in [1.82, 2.24) is 9.71 Å². The molecule has 9 heteroatoms. The molecule has 0 saturated carbocycles. The number of aromatic amines is 1. The lowest BCUT2D eigenvalue weighted by atomic mass is 10.2. The Morgan fingerprint density at radius 1 is 1.50 bits per heavy atom. The summed E-state index contributed by atoms with van der Waals surface area (Å²) < 4.78 is 33.3. The molecule has 0 fully saturated rings. The van der Waals surface area contributed by atoms with Crippen molar-refractivity contribution < 1.29 is 17.9 Å². The van der Waals surface area contributed by atoms with Crippen LogP contribution in [0.2, 0.25) is 0 Å². The Balaban J connectivity index is 2.64. The molecule has 2 rings (SSSR count). The maximum atomic E-state index is 12.6. The van der Waals surface area contributed by atoms with E-state index in [-0.39, 0.29) is 17.2 Å². The van der Waals surface area contributed by atoms with Gasteiger partial charge in [-0.1, -0.05) is 15.9 Å². The van der Waals surface area contributed by atoms with Crippen LogP contribution in [0.3, 0.4) is 0 Å². The summed E-state index contributed by atoms with van der Waals surface area (Å²) in [5.41, 5.74) is 5.67. The molecule has 0 spiro atoms. The molecule has 120 valence electrons. The average molecular weight is 390 g/mol. The van der Waals surface area contributed by atoms with Crippen molar-refractivity contribution in [1.29, 1.82) is 0 Å². The van der Waals surface area contributed by atoms with Gasteiger partial charge in [0.05, 0.1) is 6.61 Å². The van der Waals surface area contributed by atoms with E-state index in [4.69, 9.17) is 10.5 Å². The van der Waals surface area contributed by atoms with E-state index >= 15 is 0 Å². The fourth-order valence-electron chi connectivity index (χ4n) is 2.20. The number of carbonyl (C=O) groups is 1. The lowest BCUT2D eigenvalue weighted by molar-refractivity contribution is 0.0993. The zero-order chi connectivity index (χ0) is 16.5. The number of amides is 1. The van der Waals surface area contributed by atoms with Crippen LogP contribution < -0.4 is 10.5 Å². The largest absolute Gasteiger partial charge is 0.383 e. The second-order valence-electron chi connectivity index (χ2n) is 4.86. The molecule has 1 amide bonds. The van der Waals surface area contributed by atoms with Crippen molar-refractivity contribution in [2.45, 2.75) is 17.9 Å². The average Bonchev–Trinajstić information content (AvgIpc) is 2.77. The molecule has 1 atom stereocenters. The number of nitrogens with one attached hydrogen (secondary N) is 2. The molecule has 1 heterocycles. The van der Waals surface area contributed by atoms with Crippen molar-refractivity contribution in [3.8, 4) is 0 Å². The molecule has 1 unspecified atom stereocenters. The van der Waals surface area contributed by atoms with Crippen molar-refractivity contribution in [3.05, 3.63) is 28.4 Å². The Kier molecular flexibility index (Phi) is 4.90. The second kappa shape index (κ2) is 6.37. The van der Waals surface area contributed by atoms with E-state index in [1.165, 1.54) is 7.11 Å². The third-order valence-corrected chi connectivity index (χ3v) is 5.17. The number of rotatable bonds is 6. The lowest BCUT2D eigenvalue weighted by Gasteiger charge is -2.13. The summed E-state index contributed by atoms with van der Waals surface area (Å²) in [5, 5.41) is 0.389. The van der Waals surface area contributed by atoms with Crippen molar-refractivity contribution >= 4 is 42.8 Å². The third-order valence-electron chi connectivity index (χ3n) is 3.00. The van der Waals surface area contributed by atoms with Gasteiger partial charge in [-0.3, -0.25) is 4.79 Å². The molecule has 4 N–H and O–H groups in total. The van der Waals surface area contributed by atoms with E-state index in [2.05, 4.69) is 25.6 Å². The zero-order valence-electron chi connectivity index (χ0n) is 12.0. The van der Waals surface area contributed by atoms with Crippen LogP contribution in [0, 0.1) is 0 Å². The maximum absolute atomic E-state index is 12.6. The van der Waals surface area contributed by atoms with Gasteiger partial charge < -0.3 is 15.5 Å². The smallest absolute Gasteiger partial charge is 0.266 e. The summed E-state index contributed by atoms with van der Waals surface area (Å²) in [7, 11) is -2.47. The minimum Gasteiger partial charge on any atom is -0.383 e. The number of methoxy groups -OCH3 is 1. The molecular weight excluding hydrogens is 374 g/mol. The first kappa shape index (κ1) is 16.9. The Hall–Kier alpha value is -1.42. The first-order valence-electron chi connectivity index (χ1n) is 6.38. The van der Waals surface area contributed by atoms with Crippen LogP contribution in [0.15, 0.2) is 27.6 Å². The molecule has 0 bridgehead atoms. The number of aromatic nitrogens is 1. The highest BCUT2D eigenvalue weighted by Crippen LogP contribution is 2.29. The standard InChI is InChI=1S/C13H16BrN3O4S/c1-7(6-21-2)17-22(19,20)12-9-5-8(14)3-4-10(9)16-11(12)13(15)18/h3-5,7,16-17H,6H2,1-2H3,(H2,15,18). The van der Waals surface area contributed by atoms with Crippen molar-refractivity contribution in [2.24, 2.45) is 5.73 Å². The molecule has 1 aromatic carbocycles. The highest BCUT2D eigenvalue weighted by atomic mass is 79.9. The summed E-state index contributed by atoms with van der Waals surface area (Å²) in [6.45, 7) is 1.87. The van der Waals surface area contributed by atoms with Crippen LogP contribution in [0.25, 0.3) is 10.9 Å². The van der Waals surface area contributed by atoms with Gasteiger partial charge in [-0.05, 0) is 25.1 Å². The maximum Gasteiger partial charge on any atom is 0.266 e. The number of benzene rings is 1. The lowest BCUT2D eigenvalue weighted by Crippen LogP contribution is -2.36. The van der Waals surface area contributed by atoms with Crippen molar-refractivity contribution in [2.75, 3.05) is 13.7 Å². The molecule has 0 aliphatic rings. The van der Waals surface area contributed by atoms with E-state index < -0.39 is 22.0 Å². The predicted octanol–water partition coefficient (Wildman–Crippen LogP) is 1.34. The number of primary amides is 1. The number of ether oxygens (including phenoxy) is 1. The van der Waals surface area contributed by atoms with Gasteiger partial charge in [0, 0.05) is 28.5 Å². The highest BCUT2D eigenvalue weighted by molar-refractivity contribution is 9.10. The monoisotopic (exact) mass is 389 g/mol. The summed E-state index contributed by atoms with van der Waals surface area (Å²) in [5.74, 6) is -0.841. The normalized spacial score (nSPS) is 13.4. The molecule has 0 aliphatic heterocycles. The van der Waals surface area contributed by atoms with Gasteiger partial charge in [0.25, 0.3) is 5.91 Å². The molecular formula is C13H16BrN3O4S. The topological polar surface area (TPSA) is 114 Å². The molecule has 0 saturated heterocycles. The van der Waals surface area contributed by atoms with Gasteiger partial charge in [0.2, 0.25) is 10.0 Å². The van der Waals surface area contributed by atoms with Crippen LogP contribution in [0.5, 0.6) is 0 Å². The van der Waals surface area contributed by atoms with Crippen LogP contribution in [-0.2, 0) is 14.8 Å². The van der Waals surface area contributed by atoms with E-state index in [0.29, 0.717) is 15.4 Å². The summed E-state index contributed by atoms with van der Waals surface area (Å²) >= 11 is 3.29. The van der Waals surface area contributed by atoms with Crippen LogP contribution in [0.4, 0.5) is 0 Å². The first-order chi connectivity index (χ1) is 10.3. The predicted molar refractivity (Wildman–Crippen MR) is 86.2 cm³/mol. The number of hydrogen-bond acceptors (Lipinski definition) is 4. The number of hydrogen-bond donors (Lipinski definition) is 3. The van der Waals surface area contributed by atoms with Gasteiger partial charge >= 0.3 is 0 Å². The number of fused-ring (bicyclic) bond motifs is 1. The number of H-pyrrole nitrogens is 1. The van der Waals surface area contributed by atoms with E-state index in [9.17, 15) is 13.2 Å². The SMILES string of the molecule is COCC(C)NS(=O)(=O)c1c(C(N)=O)[nH]c2ccc(Br)cc12. The van der Waals surface area contributed by atoms with Crippen LogP contribution in [-0.4, -0.2) is 39.1 Å². The Labute approximate surface area is 136 Å². The number of nitrogens with two attached hydrogens (primary N) is 1. The number of carbonyl (C=O) groups excluding carboxylic acids is 1. The van der Waals surface area contributed by atoms with E-state index in [1.54, 1.807) is 25.1 Å². The zero-order valence-corrected chi connectivity index (χ0v) is 14.4. The Morgan fingerprint density at radius 3 is 2.77 bits per heavy atom.